The summed E-state index contributed by atoms with van der Waals surface area (Å²) >= 11 is 7.79. The monoisotopic (exact) mass is 384 g/mol. The summed E-state index contributed by atoms with van der Waals surface area (Å²) < 4.78 is 7.33. The quantitative estimate of drug-likeness (QED) is 0.510. The molecule has 4 aromatic rings. The van der Waals surface area contributed by atoms with E-state index in [9.17, 15) is 4.79 Å². The molecule has 0 unspecified atom stereocenters. The number of carbonyl (C=O) groups excluding carboxylic acids is 1. The Hall–Kier alpha value is -2.50. The minimum Gasteiger partial charge on any atom is -0.469 e. The number of carbonyl (C=O) groups is 1. The van der Waals surface area contributed by atoms with Gasteiger partial charge in [-0.15, -0.1) is 11.3 Å². The molecule has 4 nitrogen and oxygen atoms in total. The number of hydrogen-bond acceptors (Lipinski definition) is 3. The lowest BCUT2D eigenvalue weighted by Crippen LogP contribution is -2.29. The topological polar surface area (TPSA) is 47.2 Å². The third-order valence-corrected chi connectivity index (χ3v) is 5.34. The zero-order chi connectivity index (χ0) is 17.9. The van der Waals surface area contributed by atoms with Gasteiger partial charge in [0.1, 0.15) is 12.3 Å². The number of benzene rings is 1. The van der Waals surface area contributed by atoms with E-state index in [1.807, 2.05) is 46.3 Å². The van der Waals surface area contributed by atoms with E-state index in [-0.39, 0.29) is 12.5 Å². The van der Waals surface area contributed by atoms with Gasteiger partial charge in [-0.05, 0) is 47.8 Å². The number of rotatable bonds is 6. The van der Waals surface area contributed by atoms with Crippen LogP contribution < -0.4 is 5.32 Å². The van der Waals surface area contributed by atoms with Crippen molar-refractivity contribution in [2.45, 2.75) is 13.0 Å². The maximum Gasteiger partial charge on any atom is 0.239 e. The second-order valence-electron chi connectivity index (χ2n) is 5.98. The smallest absolute Gasteiger partial charge is 0.239 e. The lowest BCUT2D eigenvalue weighted by atomic mass is 10.2. The summed E-state index contributed by atoms with van der Waals surface area (Å²) in [6.45, 7) is 0.808. The highest BCUT2D eigenvalue weighted by molar-refractivity contribution is 7.13. The minimum atomic E-state index is -0.0261. The Bertz CT molecular complexity index is 1020. The van der Waals surface area contributed by atoms with Crippen LogP contribution in [-0.2, 0) is 17.8 Å². The lowest BCUT2D eigenvalue weighted by molar-refractivity contribution is -0.121. The summed E-state index contributed by atoms with van der Waals surface area (Å²) in [7, 11) is 0. The number of hydrogen-bond donors (Lipinski definition) is 1. The zero-order valence-corrected chi connectivity index (χ0v) is 15.5. The Labute approximate surface area is 160 Å². The molecule has 0 aliphatic rings. The molecular weight excluding hydrogens is 368 g/mol. The zero-order valence-electron chi connectivity index (χ0n) is 13.9. The first-order chi connectivity index (χ1) is 12.7. The van der Waals surface area contributed by atoms with E-state index in [1.165, 1.54) is 0 Å². The molecular formula is C20H17ClN2O2S. The third kappa shape index (κ3) is 3.54. The van der Waals surface area contributed by atoms with Gasteiger partial charge in [-0.25, -0.2) is 0 Å². The predicted octanol–water partition coefficient (Wildman–Crippen LogP) is 4.98. The van der Waals surface area contributed by atoms with Gasteiger partial charge in [-0.3, -0.25) is 4.79 Å². The molecule has 0 aliphatic carbocycles. The summed E-state index contributed by atoms with van der Waals surface area (Å²) in [6, 6.07) is 15.7. The van der Waals surface area contributed by atoms with Crippen LogP contribution in [0.15, 0.2) is 64.6 Å². The largest absolute Gasteiger partial charge is 0.469 e. The van der Waals surface area contributed by atoms with Crippen molar-refractivity contribution in [1.29, 1.82) is 0 Å². The Morgan fingerprint density at radius 3 is 2.88 bits per heavy atom. The third-order valence-electron chi connectivity index (χ3n) is 4.21. The van der Waals surface area contributed by atoms with Gasteiger partial charge in [0.05, 0.1) is 16.8 Å². The van der Waals surface area contributed by atoms with Crippen LogP contribution in [0.25, 0.3) is 21.5 Å². The van der Waals surface area contributed by atoms with Gasteiger partial charge in [-0.2, -0.15) is 0 Å². The van der Waals surface area contributed by atoms with Crippen LogP contribution in [0.1, 0.15) is 5.76 Å². The van der Waals surface area contributed by atoms with Crippen molar-refractivity contribution in [1.82, 2.24) is 9.88 Å². The second kappa shape index (κ2) is 7.40. The summed E-state index contributed by atoms with van der Waals surface area (Å²) in [6.07, 6.45) is 2.32. The van der Waals surface area contributed by atoms with Crippen LogP contribution in [0, 0.1) is 0 Å². The standard InChI is InChI=1S/C20H17ClN2O2S/c21-15-5-6-17-14(11-15)12-18(19-4-2-10-26-19)23(17)13-20(24)22-8-7-16-3-1-9-25-16/h1-6,9-12H,7-8,13H2,(H,22,24). The van der Waals surface area contributed by atoms with Crippen LogP contribution in [0.3, 0.4) is 0 Å². The van der Waals surface area contributed by atoms with Crippen molar-refractivity contribution in [2.24, 2.45) is 0 Å². The summed E-state index contributed by atoms with van der Waals surface area (Å²) in [5, 5.41) is 6.72. The van der Waals surface area contributed by atoms with E-state index in [4.69, 9.17) is 16.0 Å². The molecule has 3 aromatic heterocycles. The van der Waals surface area contributed by atoms with E-state index in [0.717, 1.165) is 27.2 Å². The van der Waals surface area contributed by atoms with Crippen molar-refractivity contribution in [3.63, 3.8) is 0 Å². The van der Waals surface area contributed by atoms with Crippen molar-refractivity contribution in [3.8, 4) is 10.6 Å². The predicted molar refractivity (Wildman–Crippen MR) is 106 cm³/mol. The van der Waals surface area contributed by atoms with Crippen molar-refractivity contribution in [3.05, 3.63) is 71.0 Å². The maximum atomic E-state index is 12.5. The molecule has 0 radical (unpaired) electrons. The highest BCUT2D eigenvalue weighted by Crippen LogP contribution is 2.32. The fourth-order valence-corrected chi connectivity index (χ4v) is 3.95. The van der Waals surface area contributed by atoms with Crippen LogP contribution in [0.5, 0.6) is 0 Å². The Balaban J connectivity index is 1.56. The molecule has 0 aliphatic heterocycles. The minimum absolute atomic E-state index is 0.0261. The fourth-order valence-electron chi connectivity index (χ4n) is 3.02. The molecule has 3 heterocycles. The Morgan fingerprint density at radius 1 is 1.19 bits per heavy atom. The number of furan rings is 1. The van der Waals surface area contributed by atoms with Gasteiger partial charge in [0.25, 0.3) is 0 Å². The average molecular weight is 385 g/mol. The van der Waals surface area contributed by atoms with E-state index in [0.29, 0.717) is 18.0 Å². The van der Waals surface area contributed by atoms with E-state index < -0.39 is 0 Å². The molecule has 0 bridgehead atoms. The molecule has 0 saturated carbocycles. The summed E-state index contributed by atoms with van der Waals surface area (Å²) in [5.41, 5.74) is 2.03. The molecule has 0 spiro atoms. The molecule has 1 N–H and O–H groups in total. The number of aromatic nitrogens is 1. The first-order valence-electron chi connectivity index (χ1n) is 8.32. The average Bonchev–Trinajstić information content (AvgIpc) is 3.35. The van der Waals surface area contributed by atoms with Crippen LogP contribution in [0.2, 0.25) is 5.02 Å². The second-order valence-corrected chi connectivity index (χ2v) is 7.36. The number of nitrogens with one attached hydrogen (secondary N) is 1. The maximum absolute atomic E-state index is 12.5. The number of nitrogens with zero attached hydrogens (tertiary/aromatic N) is 1. The van der Waals surface area contributed by atoms with Crippen LogP contribution in [-0.4, -0.2) is 17.0 Å². The first-order valence-corrected chi connectivity index (χ1v) is 9.58. The Kier molecular flexibility index (Phi) is 4.82. The highest BCUT2D eigenvalue weighted by Gasteiger charge is 2.14. The van der Waals surface area contributed by atoms with Crippen LogP contribution >= 0.6 is 22.9 Å². The number of fused-ring (bicyclic) bond motifs is 1. The molecule has 0 atom stereocenters. The molecule has 6 heteroatoms. The van der Waals surface area contributed by atoms with Gasteiger partial charge in [-0.1, -0.05) is 17.7 Å². The molecule has 0 fully saturated rings. The van der Waals surface area contributed by atoms with E-state index >= 15 is 0 Å². The van der Waals surface area contributed by atoms with E-state index in [2.05, 4.69) is 17.4 Å². The van der Waals surface area contributed by atoms with Gasteiger partial charge in [0, 0.05) is 28.9 Å². The number of halogens is 1. The normalized spacial score (nSPS) is 11.1. The molecule has 4 rings (SSSR count). The fraction of sp³-hybridized carbons (Fsp3) is 0.150. The van der Waals surface area contributed by atoms with Crippen molar-refractivity contribution < 1.29 is 9.21 Å². The SMILES string of the molecule is O=C(Cn1c(-c2cccs2)cc2cc(Cl)ccc21)NCCc1ccco1. The number of thiophene rings is 1. The Morgan fingerprint density at radius 2 is 2.12 bits per heavy atom. The number of amides is 1. The molecule has 132 valence electrons. The summed E-state index contributed by atoms with van der Waals surface area (Å²) in [5.74, 6) is 0.840. The molecule has 1 amide bonds. The van der Waals surface area contributed by atoms with Crippen LogP contribution in [0.4, 0.5) is 0 Å². The van der Waals surface area contributed by atoms with Crippen molar-refractivity contribution in [2.75, 3.05) is 6.54 Å². The molecule has 0 saturated heterocycles. The van der Waals surface area contributed by atoms with Gasteiger partial charge in [0.15, 0.2) is 0 Å². The van der Waals surface area contributed by atoms with Gasteiger partial charge < -0.3 is 14.3 Å². The van der Waals surface area contributed by atoms with Gasteiger partial charge in [0.2, 0.25) is 5.91 Å². The van der Waals surface area contributed by atoms with Gasteiger partial charge >= 0.3 is 0 Å². The van der Waals surface area contributed by atoms with Crippen molar-refractivity contribution >= 4 is 39.7 Å². The van der Waals surface area contributed by atoms with E-state index in [1.54, 1.807) is 17.6 Å². The summed E-state index contributed by atoms with van der Waals surface area (Å²) in [4.78, 5) is 13.6. The highest BCUT2D eigenvalue weighted by atomic mass is 35.5. The molecule has 1 aromatic carbocycles. The lowest BCUT2D eigenvalue weighted by Gasteiger charge is -2.10. The first kappa shape index (κ1) is 16.9. The molecule has 26 heavy (non-hydrogen) atoms.